The summed E-state index contributed by atoms with van der Waals surface area (Å²) in [5.74, 6) is 0. The molecule has 0 fully saturated rings. The Hall–Kier alpha value is -1.50. The third kappa shape index (κ3) is 4.12. The van der Waals surface area contributed by atoms with E-state index in [0.29, 0.717) is 0 Å². The van der Waals surface area contributed by atoms with Gasteiger partial charge in [0.05, 0.1) is 11.9 Å². The minimum Gasteiger partial charge on any atom is -0.258 e. The van der Waals surface area contributed by atoms with Crippen molar-refractivity contribution < 1.29 is 0 Å². The Kier molecular flexibility index (Phi) is 5.81. The zero-order valence-corrected chi connectivity index (χ0v) is 17.0. The van der Waals surface area contributed by atoms with Crippen LogP contribution in [0.3, 0.4) is 0 Å². The fourth-order valence-electron chi connectivity index (χ4n) is 2.18. The predicted octanol–water partition coefficient (Wildman–Crippen LogP) is 5.54. The van der Waals surface area contributed by atoms with Crippen molar-refractivity contribution in [1.29, 1.82) is 0 Å². The largest absolute Gasteiger partial charge is 0.258 e. The van der Waals surface area contributed by atoms with E-state index in [1.54, 1.807) is 11.3 Å². The van der Waals surface area contributed by atoms with Crippen LogP contribution in [0.2, 0.25) is 0 Å². The van der Waals surface area contributed by atoms with E-state index in [-0.39, 0.29) is 0 Å². The molecule has 3 rings (SSSR count). The third-order valence-electron chi connectivity index (χ3n) is 3.29. The van der Waals surface area contributed by atoms with Crippen LogP contribution in [-0.4, -0.2) is 17.4 Å². The summed E-state index contributed by atoms with van der Waals surface area (Å²) in [6.45, 7) is 2.76. The molecular weight excluding hydrogens is 450 g/mol. The van der Waals surface area contributed by atoms with Gasteiger partial charge in [0.2, 0.25) is 4.80 Å². The van der Waals surface area contributed by atoms with Gasteiger partial charge < -0.3 is 0 Å². The minimum absolute atomic E-state index is 0.729. The molecule has 0 amide bonds. The summed E-state index contributed by atoms with van der Waals surface area (Å²) in [4.78, 5) is 5.44. The highest BCUT2D eigenvalue weighted by Crippen LogP contribution is 2.22. The molecule has 1 aromatic heterocycles. The molecule has 0 aliphatic carbocycles. The van der Waals surface area contributed by atoms with Crippen molar-refractivity contribution >= 4 is 49.4 Å². The van der Waals surface area contributed by atoms with E-state index >= 15 is 0 Å². The molecule has 0 spiro atoms. The van der Waals surface area contributed by atoms with Gasteiger partial charge in [-0.3, -0.25) is 4.99 Å². The highest BCUT2D eigenvalue weighted by Gasteiger charge is 2.07. The maximum atomic E-state index is 4.67. The van der Waals surface area contributed by atoms with Crippen LogP contribution in [0.1, 0.15) is 12.5 Å². The van der Waals surface area contributed by atoms with Gasteiger partial charge in [-0.05, 0) is 36.8 Å². The number of rotatable bonds is 4. The first-order valence-corrected chi connectivity index (χ1v) is 9.91. The summed E-state index contributed by atoms with van der Waals surface area (Å²) in [7, 11) is 0. The van der Waals surface area contributed by atoms with Crippen LogP contribution in [0.15, 0.2) is 73.0 Å². The third-order valence-corrected chi connectivity index (χ3v) is 5.17. The zero-order valence-electron chi connectivity index (χ0n) is 13.0. The van der Waals surface area contributed by atoms with Crippen molar-refractivity contribution in [3.8, 4) is 11.3 Å². The monoisotopic (exact) mass is 463 g/mol. The van der Waals surface area contributed by atoms with Gasteiger partial charge >= 0.3 is 0 Å². The van der Waals surface area contributed by atoms with Gasteiger partial charge in [-0.15, -0.1) is 11.3 Å². The summed E-state index contributed by atoms with van der Waals surface area (Å²) < 4.78 is 4.00. The lowest BCUT2D eigenvalue weighted by atomic mass is 10.2. The van der Waals surface area contributed by atoms with Crippen LogP contribution in [-0.2, 0) is 0 Å². The lowest BCUT2D eigenvalue weighted by Crippen LogP contribution is -2.12. The SMILES string of the molecule is CCN=c1scc(-c2ccc(Br)cc2)n1N=Cc1cccc(Br)c1. The van der Waals surface area contributed by atoms with Crippen LogP contribution in [0.4, 0.5) is 0 Å². The maximum absolute atomic E-state index is 4.67. The molecule has 122 valence electrons. The molecule has 1 heterocycles. The van der Waals surface area contributed by atoms with Crippen LogP contribution >= 0.6 is 43.2 Å². The van der Waals surface area contributed by atoms with E-state index in [4.69, 9.17) is 0 Å². The predicted molar refractivity (Wildman–Crippen MR) is 109 cm³/mol. The Bertz CT molecular complexity index is 924. The van der Waals surface area contributed by atoms with Gasteiger partial charge in [0.1, 0.15) is 0 Å². The first-order valence-electron chi connectivity index (χ1n) is 7.44. The molecule has 0 aliphatic heterocycles. The van der Waals surface area contributed by atoms with Gasteiger partial charge in [-0.2, -0.15) is 5.10 Å². The minimum atomic E-state index is 0.729. The molecule has 0 saturated carbocycles. The maximum Gasteiger partial charge on any atom is 0.206 e. The fraction of sp³-hybridized carbons (Fsp3) is 0.111. The Morgan fingerprint density at radius 1 is 1.08 bits per heavy atom. The summed E-state index contributed by atoms with van der Waals surface area (Å²) in [5, 5.41) is 6.76. The quantitative estimate of drug-likeness (QED) is 0.453. The summed E-state index contributed by atoms with van der Waals surface area (Å²) in [6, 6.07) is 16.3. The Labute approximate surface area is 161 Å². The summed E-state index contributed by atoms with van der Waals surface area (Å²) >= 11 is 8.57. The molecule has 3 nitrogen and oxygen atoms in total. The standard InChI is InChI=1S/C18H15Br2N3S/c1-2-21-18-23(22-11-13-4-3-5-16(20)10-13)17(12-24-18)14-6-8-15(19)9-7-14/h3-12H,2H2,1H3. The first kappa shape index (κ1) is 17.3. The molecule has 2 aromatic carbocycles. The molecule has 0 bridgehead atoms. The lowest BCUT2D eigenvalue weighted by molar-refractivity contribution is 0.833. The summed E-state index contributed by atoms with van der Waals surface area (Å²) in [6.07, 6.45) is 1.86. The van der Waals surface area contributed by atoms with Crippen molar-refractivity contribution in [2.24, 2.45) is 10.1 Å². The number of aromatic nitrogens is 1. The smallest absolute Gasteiger partial charge is 0.206 e. The number of benzene rings is 2. The summed E-state index contributed by atoms with van der Waals surface area (Å²) in [5.41, 5.74) is 3.18. The Balaban J connectivity index is 2.06. The fourth-order valence-corrected chi connectivity index (χ4v) is 3.77. The van der Waals surface area contributed by atoms with E-state index in [2.05, 4.69) is 59.5 Å². The molecule has 6 heteroatoms. The molecule has 0 aliphatic rings. The number of thiazole rings is 1. The van der Waals surface area contributed by atoms with Gasteiger partial charge in [-0.25, -0.2) is 4.68 Å². The average molecular weight is 465 g/mol. The Morgan fingerprint density at radius 3 is 2.58 bits per heavy atom. The number of nitrogens with zero attached hydrogens (tertiary/aromatic N) is 3. The lowest BCUT2D eigenvalue weighted by Gasteiger charge is -2.04. The van der Waals surface area contributed by atoms with Gasteiger partial charge in [-0.1, -0.05) is 56.1 Å². The molecule has 0 N–H and O–H groups in total. The van der Waals surface area contributed by atoms with E-state index in [1.165, 1.54) is 0 Å². The van der Waals surface area contributed by atoms with E-state index in [1.807, 2.05) is 54.2 Å². The number of halogens is 2. The Morgan fingerprint density at radius 2 is 1.88 bits per heavy atom. The van der Waals surface area contributed by atoms with Crippen LogP contribution in [0.25, 0.3) is 11.3 Å². The number of hydrogen-bond donors (Lipinski definition) is 0. The zero-order chi connectivity index (χ0) is 16.9. The molecule has 0 atom stereocenters. The normalized spacial score (nSPS) is 12.2. The van der Waals surface area contributed by atoms with Crippen molar-refractivity contribution in [2.75, 3.05) is 6.54 Å². The van der Waals surface area contributed by atoms with E-state index in [0.717, 1.165) is 37.1 Å². The van der Waals surface area contributed by atoms with Crippen molar-refractivity contribution in [3.63, 3.8) is 0 Å². The van der Waals surface area contributed by atoms with Crippen LogP contribution in [0.5, 0.6) is 0 Å². The molecule has 24 heavy (non-hydrogen) atoms. The molecular formula is C18H15Br2N3S. The molecule has 3 aromatic rings. The second-order valence-corrected chi connectivity index (χ2v) is 7.66. The van der Waals surface area contributed by atoms with E-state index < -0.39 is 0 Å². The van der Waals surface area contributed by atoms with Crippen molar-refractivity contribution in [3.05, 3.63) is 73.2 Å². The van der Waals surface area contributed by atoms with Crippen molar-refractivity contribution in [2.45, 2.75) is 6.92 Å². The van der Waals surface area contributed by atoms with Gasteiger partial charge in [0, 0.05) is 26.4 Å². The highest BCUT2D eigenvalue weighted by atomic mass is 79.9. The molecule has 0 unspecified atom stereocenters. The van der Waals surface area contributed by atoms with Gasteiger partial charge in [0.25, 0.3) is 0 Å². The van der Waals surface area contributed by atoms with Crippen LogP contribution in [0, 0.1) is 0 Å². The van der Waals surface area contributed by atoms with Gasteiger partial charge in [0.15, 0.2) is 0 Å². The first-order chi connectivity index (χ1) is 11.7. The average Bonchev–Trinajstić information content (AvgIpc) is 2.97. The molecule has 0 saturated heterocycles. The highest BCUT2D eigenvalue weighted by molar-refractivity contribution is 9.10. The number of hydrogen-bond acceptors (Lipinski definition) is 3. The van der Waals surface area contributed by atoms with Crippen molar-refractivity contribution in [1.82, 2.24) is 4.68 Å². The topological polar surface area (TPSA) is 29.6 Å². The second kappa shape index (κ2) is 8.05. The second-order valence-electron chi connectivity index (χ2n) is 5.00. The van der Waals surface area contributed by atoms with Crippen LogP contribution < -0.4 is 4.80 Å². The molecule has 0 radical (unpaired) electrons. The van der Waals surface area contributed by atoms with E-state index in [9.17, 15) is 0 Å².